The largest absolute Gasteiger partial charge is 0.368 e. The van der Waals surface area contributed by atoms with E-state index < -0.39 is 0 Å². The molecule has 3 nitrogen and oxygen atoms in total. The normalized spacial score (nSPS) is 15.7. The van der Waals surface area contributed by atoms with Crippen LogP contribution in [-0.4, -0.2) is 37.0 Å². The van der Waals surface area contributed by atoms with Crippen molar-refractivity contribution in [2.75, 3.05) is 31.1 Å². The van der Waals surface area contributed by atoms with Crippen LogP contribution in [-0.2, 0) is 4.79 Å². The molecule has 2 rings (SSSR count). The molecule has 0 saturated carbocycles. The van der Waals surface area contributed by atoms with Crippen molar-refractivity contribution < 1.29 is 4.79 Å². The second-order valence-corrected chi connectivity index (χ2v) is 5.36. The fourth-order valence-corrected chi connectivity index (χ4v) is 2.86. The summed E-state index contributed by atoms with van der Waals surface area (Å²) in [5, 5.41) is 0. The summed E-state index contributed by atoms with van der Waals surface area (Å²) in [6, 6.07) is 6.43. The van der Waals surface area contributed by atoms with Crippen molar-refractivity contribution in [1.82, 2.24) is 4.90 Å². The Balaban J connectivity index is 2.02. The molecule has 0 unspecified atom stereocenters. The van der Waals surface area contributed by atoms with Gasteiger partial charge in [-0.25, -0.2) is 0 Å². The van der Waals surface area contributed by atoms with Crippen molar-refractivity contribution in [3.8, 4) is 0 Å². The lowest BCUT2D eigenvalue weighted by molar-refractivity contribution is -0.131. The van der Waals surface area contributed by atoms with Gasteiger partial charge in [-0.05, 0) is 31.4 Å². The molecule has 1 aliphatic heterocycles. The van der Waals surface area contributed by atoms with Crippen molar-refractivity contribution in [2.45, 2.75) is 33.6 Å². The summed E-state index contributed by atoms with van der Waals surface area (Å²) in [7, 11) is 0. The highest BCUT2D eigenvalue weighted by atomic mass is 16.2. The molecule has 1 fully saturated rings. The molecule has 19 heavy (non-hydrogen) atoms. The molecular formula is C16H24N2O. The lowest BCUT2D eigenvalue weighted by atomic mass is 10.1. The van der Waals surface area contributed by atoms with Crippen LogP contribution >= 0.6 is 0 Å². The maximum atomic E-state index is 11.9. The Kier molecular flexibility index (Phi) is 4.46. The van der Waals surface area contributed by atoms with Gasteiger partial charge in [0.05, 0.1) is 0 Å². The Morgan fingerprint density at radius 2 is 1.68 bits per heavy atom. The molecule has 1 aliphatic rings. The zero-order chi connectivity index (χ0) is 13.8. The van der Waals surface area contributed by atoms with E-state index in [-0.39, 0.29) is 0 Å². The van der Waals surface area contributed by atoms with Crippen LogP contribution in [0.2, 0.25) is 0 Å². The van der Waals surface area contributed by atoms with E-state index in [1.54, 1.807) is 0 Å². The van der Waals surface area contributed by atoms with E-state index in [2.05, 4.69) is 43.9 Å². The van der Waals surface area contributed by atoms with E-state index in [0.717, 1.165) is 32.6 Å². The Morgan fingerprint density at radius 3 is 2.21 bits per heavy atom. The third kappa shape index (κ3) is 3.09. The number of rotatable bonds is 3. The van der Waals surface area contributed by atoms with Crippen LogP contribution in [0.5, 0.6) is 0 Å². The maximum Gasteiger partial charge on any atom is 0.222 e. The van der Waals surface area contributed by atoms with Gasteiger partial charge < -0.3 is 9.80 Å². The van der Waals surface area contributed by atoms with Crippen molar-refractivity contribution in [3.05, 3.63) is 29.3 Å². The number of piperazine rings is 1. The van der Waals surface area contributed by atoms with Gasteiger partial charge in [0.1, 0.15) is 0 Å². The van der Waals surface area contributed by atoms with Crippen molar-refractivity contribution in [2.24, 2.45) is 0 Å². The van der Waals surface area contributed by atoms with Crippen LogP contribution < -0.4 is 4.90 Å². The minimum Gasteiger partial charge on any atom is -0.368 e. The molecule has 0 N–H and O–H groups in total. The molecule has 0 aliphatic carbocycles. The van der Waals surface area contributed by atoms with E-state index >= 15 is 0 Å². The van der Waals surface area contributed by atoms with Gasteiger partial charge in [0.25, 0.3) is 0 Å². The first-order valence-corrected chi connectivity index (χ1v) is 7.22. The summed E-state index contributed by atoms with van der Waals surface area (Å²) in [4.78, 5) is 16.3. The van der Waals surface area contributed by atoms with Crippen LogP contribution in [0.25, 0.3) is 0 Å². The molecule has 1 heterocycles. The number of carbonyl (C=O) groups excluding carboxylic acids is 1. The third-order valence-electron chi connectivity index (χ3n) is 3.85. The predicted octanol–water partition coefficient (Wildman–Crippen LogP) is 2.75. The minimum absolute atomic E-state index is 0.309. The van der Waals surface area contributed by atoms with Gasteiger partial charge >= 0.3 is 0 Å². The number of nitrogens with zero attached hydrogens (tertiary/aromatic N) is 2. The number of hydrogen-bond donors (Lipinski definition) is 0. The minimum atomic E-state index is 0.309. The zero-order valence-corrected chi connectivity index (χ0v) is 12.3. The molecule has 104 valence electrons. The lowest BCUT2D eigenvalue weighted by Gasteiger charge is -2.37. The average molecular weight is 260 g/mol. The van der Waals surface area contributed by atoms with Crippen LogP contribution in [0.3, 0.4) is 0 Å². The number of amides is 1. The fraction of sp³-hybridized carbons (Fsp3) is 0.562. The van der Waals surface area contributed by atoms with Gasteiger partial charge in [-0.15, -0.1) is 0 Å². The average Bonchev–Trinajstić information content (AvgIpc) is 2.39. The smallest absolute Gasteiger partial charge is 0.222 e. The molecule has 0 atom stereocenters. The topological polar surface area (TPSA) is 23.6 Å². The third-order valence-corrected chi connectivity index (χ3v) is 3.85. The highest BCUT2D eigenvalue weighted by molar-refractivity contribution is 5.76. The Labute approximate surface area is 116 Å². The number of anilines is 1. The monoisotopic (exact) mass is 260 g/mol. The summed E-state index contributed by atoms with van der Waals surface area (Å²) in [5.74, 6) is 0.309. The van der Waals surface area contributed by atoms with Gasteiger partial charge in [0.15, 0.2) is 0 Å². The van der Waals surface area contributed by atoms with Gasteiger partial charge in [0.2, 0.25) is 5.91 Å². The van der Waals surface area contributed by atoms with Crippen molar-refractivity contribution in [3.63, 3.8) is 0 Å². The number of aryl methyl sites for hydroxylation is 2. The van der Waals surface area contributed by atoms with Crippen LogP contribution in [0.4, 0.5) is 5.69 Å². The number of hydrogen-bond acceptors (Lipinski definition) is 2. The number of para-hydroxylation sites is 1. The Morgan fingerprint density at radius 1 is 1.11 bits per heavy atom. The Bertz CT molecular complexity index is 428. The highest BCUT2D eigenvalue weighted by Crippen LogP contribution is 2.25. The lowest BCUT2D eigenvalue weighted by Crippen LogP contribution is -2.49. The van der Waals surface area contributed by atoms with Crippen molar-refractivity contribution >= 4 is 11.6 Å². The first kappa shape index (κ1) is 13.9. The van der Waals surface area contributed by atoms with Crippen LogP contribution in [0, 0.1) is 13.8 Å². The summed E-state index contributed by atoms with van der Waals surface area (Å²) >= 11 is 0. The molecule has 1 aromatic carbocycles. The molecule has 0 spiro atoms. The summed E-state index contributed by atoms with van der Waals surface area (Å²) in [6.07, 6.45) is 1.62. The molecule has 1 amide bonds. The summed E-state index contributed by atoms with van der Waals surface area (Å²) in [6.45, 7) is 9.99. The van der Waals surface area contributed by atoms with Crippen LogP contribution in [0.15, 0.2) is 18.2 Å². The number of benzene rings is 1. The molecule has 1 aromatic rings. The van der Waals surface area contributed by atoms with E-state index in [4.69, 9.17) is 0 Å². The van der Waals surface area contributed by atoms with E-state index in [1.807, 2.05) is 4.90 Å². The molecule has 0 aromatic heterocycles. The second-order valence-electron chi connectivity index (χ2n) is 5.36. The molecule has 0 radical (unpaired) electrons. The fourth-order valence-electron chi connectivity index (χ4n) is 2.86. The standard InChI is InChI=1S/C16H24N2O/c1-4-6-15(19)17-9-11-18(12-10-17)16-13(2)7-5-8-14(16)3/h5,7-8H,4,6,9-12H2,1-3H3. The van der Waals surface area contributed by atoms with E-state index in [1.165, 1.54) is 16.8 Å². The molecule has 1 saturated heterocycles. The van der Waals surface area contributed by atoms with E-state index in [9.17, 15) is 4.79 Å². The SMILES string of the molecule is CCCC(=O)N1CCN(c2c(C)cccc2C)CC1. The summed E-state index contributed by atoms with van der Waals surface area (Å²) < 4.78 is 0. The van der Waals surface area contributed by atoms with E-state index in [0.29, 0.717) is 12.3 Å². The van der Waals surface area contributed by atoms with Gasteiger partial charge in [-0.3, -0.25) is 4.79 Å². The van der Waals surface area contributed by atoms with Gasteiger partial charge in [0, 0.05) is 38.3 Å². The van der Waals surface area contributed by atoms with Crippen LogP contribution in [0.1, 0.15) is 30.9 Å². The first-order valence-electron chi connectivity index (χ1n) is 7.22. The van der Waals surface area contributed by atoms with Crippen molar-refractivity contribution in [1.29, 1.82) is 0 Å². The Hall–Kier alpha value is -1.51. The first-order chi connectivity index (χ1) is 9.13. The highest BCUT2D eigenvalue weighted by Gasteiger charge is 2.22. The number of carbonyl (C=O) groups is 1. The maximum absolute atomic E-state index is 11.9. The van der Waals surface area contributed by atoms with Gasteiger partial charge in [-0.1, -0.05) is 25.1 Å². The zero-order valence-electron chi connectivity index (χ0n) is 12.3. The van der Waals surface area contributed by atoms with Gasteiger partial charge in [-0.2, -0.15) is 0 Å². The quantitative estimate of drug-likeness (QED) is 0.834. The summed E-state index contributed by atoms with van der Waals surface area (Å²) in [5.41, 5.74) is 4.01. The molecule has 3 heteroatoms. The predicted molar refractivity (Wildman–Crippen MR) is 79.6 cm³/mol. The molecule has 0 bridgehead atoms. The molecular weight excluding hydrogens is 236 g/mol. The second kappa shape index (κ2) is 6.09.